The summed E-state index contributed by atoms with van der Waals surface area (Å²) in [6.45, 7) is 3.79. The molecule has 1 aliphatic heterocycles. The van der Waals surface area contributed by atoms with Crippen LogP contribution in [-0.2, 0) is 11.3 Å². The monoisotopic (exact) mass is 195 g/mol. The van der Waals surface area contributed by atoms with Gasteiger partial charge in [-0.15, -0.1) is 0 Å². The molecule has 0 spiro atoms. The molecule has 0 bridgehead atoms. The largest absolute Gasteiger partial charge is 0.481 e. The van der Waals surface area contributed by atoms with E-state index in [2.05, 4.69) is 4.90 Å². The van der Waals surface area contributed by atoms with Crippen molar-refractivity contribution in [1.82, 2.24) is 4.90 Å². The smallest absolute Gasteiger partial charge is 0.311 e. The number of carboxylic acid groups (broad SMARTS) is 1. The second-order valence-electron chi connectivity index (χ2n) is 4.14. The van der Waals surface area contributed by atoms with Crippen molar-refractivity contribution in [3.05, 3.63) is 24.2 Å². The van der Waals surface area contributed by atoms with Gasteiger partial charge in [-0.1, -0.05) is 0 Å². The number of carboxylic acids is 1. The van der Waals surface area contributed by atoms with E-state index in [1.807, 2.05) is 6.07 Å². The highest BCUT2D eigenvalue weighted by molar-refractivity contribution is 5.76. The minimum Gasteiger partial charge on any atom is -0.481 e. The van der Waals surface area contributed by atoms with Crippen LogP contribution in [0.2, 0.25) is 0 Å². The van der Waals surface area contributed by atoms with Crippen molar-refractivity contribution in [3.8, 4) is 0 Å². The molecule has 1 aromatic heterocycles. The van der Waals surface area contributed by atoms with Crippen LogP contribution in [0.15, 0.2) is 23.0 Å². The van der Waals surface area contributed by atoms with Gasteiger partial charge in [0, 0.05) is 25.2 Å². The highest BCUT2D eigenvalue weighted by atomic mass is 16.4. The molecular weight excluding hydrogens is 182 g/mol. The fourth-order valence-corrected chi connectivity index (χ4v) is 1.83. The van der Waals surface area contributed by atoms with Crippen molar-refractivity contribution in [2.75, 3.05) is 13.1 Å². The molecule has 0 saturated carbocycles. The van der Waals surface area contributed by atoms with E-state index >= 15 is 0 Å². The summed E-state index contributed by atoms with van der Waals surface area (Å²) in [7, 11) is 0. The van der Waals surface area contributed by atoms with E-state index in [1.165, 1.54) is 0 Å². The maximum atomic E-state index is 10.8. The van der Waals surface area contributed by atoms with Gasteiger partial charge < -0.3 is 9.52 Å². The molecule has 0 amide bonds. The Balaban J connectivity index is 1.87. The van der Waals surface area contributed by atoms with Crippen LogP contribution in [0.4, 0.5) is 0 Å². The Morgan fingerprint density at radius 3 is 2.93 bits per heavy atom. The molecule has 0 atom stereocenters. The van der Waals surface area contributed by atoms with Crippen LogP contribution >= 0.6 is 0 Å². The van der Waals surface area contributed by atoms with E-state index in [9.17, 15) is 4.79 Å². The summed E-state index contributed by atoms with van der Waals surface area (Å²) in [4.78, 5) is 12.9. The lowest BCUT2D eigenvalue weighted by Gasteiger charge is -2.44. The fourth-order valence-electron chi connectivity index (χ4n) is 1.83. The summed E-state index contributed by atoms with van der Waals surface area (Å²) in [6.07, 6.45) is 3.32. The van der Waals surface area contributed by atoms with Crippen LogP contribution in [0.3, 0.4) is 0 Å². The first-order chi connectivity index (χ1) is 6.60. The standard InChI is InChI=1S/C10H13NO3/c1-10(9(12)13)6-11(7-10)4-8-2-3-14-5-8/h2-3,5H,4,6-7H2,1H3,(H,12,13). The third kappa shape index (κ3) is 1.53. The molecule has 2 rings (SSSR count). The lowest BCUT2D eigenvalue weighted by molar-refractivity contribution is -0.158. The summed E-state index contributed by atoms with van der Waals surface area (Å²) in [6, 6.07) is 1.90. The van der Waals surface area contributed by atoms with Gasteiger partial charge in [-0.3, -0.25) is 9.69 Å². The molecule has 2 heterocycles. The molecule has 1 aliphatic rings. The molecule has 1 saturated heterocycles. The van der Waals surface area contributed by atoms with Crippen molar-refractivity contribution in [1.29, 1.82) is 0 Å². The topological polar surface area (TPSA) is 53.7 Å². The van der Waals surface area contributed by atoms with E-state index in [1.54, 1.807) is 19.5 Å². The highest BCUT2D eigenvalue weighted by Crippen LogP contribution is 2.31. The molecule has 4 heteroatoms. The molecule has 0 unspecified atom stereocenters. The van der Waals surface area contributed by atoms with E-state index in [0.29, 0.717) is 13.1 Å². The number of hydrogen-bond acceptors (Lipinski definition) is 3. The first kappa shape index (κ1) is 9.27. The Morgan fingerprint density at radius 1 is 1.71 bits per heavy atom. The minimum atomic E-state index is -0.707. The Kier molecular flexibility index (Phi) is 2.07. The summed E-state index contributed by atoms with van der Waals surface area (Å²) < 4.78 is 4.94. The zero-order valence-corrected chi connectivity index (χ0v) is 8.06. The maximum Gasteiger partial charge on any atom is 0.311 e. The molecule has 0 radical (unpaired) electrons. The van der Waals surface area contributed by atoms with E-state index in [-0.39, 0.29) is 0 Å². The number of carbonyl (C=O) groups is 1. The van der Waals surface area contributed by atoms with Crippen LogP contribution in [0.5, 0.6) is 0 Å². The summed E-state index contributed by atoms with van der Waals surface area (Å²) in [5.74, 6) is -0.707. The van der Waals surface area contributed by atoms with E-state index in [4.69, 9.17) is 9.52 Å². The molecule has 1 fully saturated rings. The normalized spacial score (nSPS) is 20.4. The third-order valence-corrected chi connectivity index (χ3v) is 2.65. The molecule has 1 aromatic rings. The number of nitrogens with zero attached hydrogens (tertiary/aromatic N) is 1. The number of aliphatic carboxylic acids is 1. The minimum absolute atomic E-state index is 0.552. The molecule has 14 heavy (non-hydrogen) atoms. The molecule has 0 aromatic carbocycles. The van der Waals surface area contributed by atoms with Crippen LogP contribution < -0.4 is 0 Å². The highest BCUT2D eigenvalue weighted by Gasteiger charge is 2.44. The van der Waals surface area contributed by atoms with E-state index < -0.39 is 11.4 Å². The predicted molar refractivity (Wildman–Crippen MR) is 49.7 cm³/mol. The summed E-state index contributed by atoms with van der Waals surface area (Å²) >= 11 is 0. The van der Waals surface area contributed by atoms with Crippen molar-refractivity contribution in [2.24, 2.45) is 5.41 Å². The fraction of sp³-hybridized carbons (Fsp3) is 0.500. The van der Waals surface area contributed by atoms with Crippen molar-refractivity contribution >= 4 is 5.97 Å². The van der Waals surface area contributed by atoms with Gasteiger partial charge in [0.15, 0.2) is 0 Å². The van der Waals surface area contributed by atoms with Gasteiger partial charge in [0.05, 0.1) is 17.9 Å². The van der Waals surface area contributed by atoms with Gasteiger partial charge in [0.1, 0.15) is 0 Å². The van der Waals surface area contributed by atoms with Crippen molar-refractivity contribution in [3.63, 3.8) is 0 Å². The zero-order valence-electron chi connectivity index (χ0n) is 8.06. The van der Waals surface area contributed by atoms with Gasteiger partial charge in [-0.25, -0.2) is 0 Å². The van der Waals surface area contributed by atoms with Crippen molar-refractivity contribution < 1.29 is 14.3 Å². The number of furan rings is 1. The lowest BCUT2D eigenvalue weighted by atomic mass is 9.82. The summed E-state index contributed by atoms with van der Waals surface area (Å²) in [5, 5.41) is 8.89. The molecule has 4 nitrogen and oxygen atoms in total. The Morgan fingerprint density at radius 2 is 2.43 bits per heavy atom. The maximum absolute atomic E-state index is 10.8. The second-order valence-corrected chi connectivity index (χ2v) is 4.14. The van der Waals surface area contributed by atoms with E-state index in [0.717, 1.165) is 12.1 Å². The lowest BCUT2D eigenvalue weighted by Crippen LogP contribution is -2.58. The van der Waals surface area contributed by atoms with Crippen molar-refractivity contribution in [2.45, 2.75) is 13.5 Å². The first-order valence-corrected chi connectivity index (χ1v) is 4.57. The van der Waals surface area contributed by atoms with Crippen LogP contribution in [-0.4, -0.2) is 29.1 Å². The molecule has 1 N–H and O–H groups in total. The van der Waals surface area contributed by atoms with Gasteiger partial charge in [-0.2, -0.15) is 0 Å². The zero-order chi connectivity index (χ0) is 10.2. The predicted octanol–water partition coefficient (Wildman–Crippen LogP) is 1.19. The number of likely N-dealkylation sites (tertiary alicyclic amines) is 1. The first-order valence-electron chi connectivity index (χ1n) is 4.57. The average molecular weight is 195 g/mol. The van der Waals surface area contributed by atoms with Crippen LogP contribution in [0.1, 0.15) is 12.5 Å². The van der Waals surface area contributed by atoms with Crippen LogP contribution in [0, 0.1) is 5.41 Å². The van der Waals surface area contributed by atoms with Gasteiger partial charge >= 0.3 is 5.97 Å². The number of rotatable bonds is 3. The summed E-state index contributed by atoms with van der Waals surface area (Å²) in [5.41, 5.74) is 0.543. The van der Waals surface area contributed by atoms with Gasteiger partial charge in [0.25, 0.3) is 0 Å². The Hall–Kier alpha value is -1.29. The second kappa shape index (κ2) is 3.13. The number of hydrogen-bond donors (Lipinski definition) is 1. The van der Waals surface area contributed by atoms with Gasteiger partial charge in [-0.05, 0) is 13.0 Å². The Bertz CT molecular complexity index is 325. The average Bonchev–Trinajstić information content (AvgIpc) is 2.53. The SMILES string of the molecule is CC1(C(=O)O)CN(Cc2ccoc2)C1. The molecular formula is C10H13NO3. The Labute approximate surface area is 82.1 Å². The quantitative estimate of drug-likeness (QED) is 0.787. The molecule has 0 aliphatic carbocycles. The third-order valence-electron chi connectivity index (χ3n) is 2.65. The van der Waals surface area contributed by atoms with Crippen LogP contribution in [0.25, 0.3) is 0 Å². The van der Waals surface area contributed by atoms with Gasteiger partial charge in [0.2, 0.25) is 0 Å². The molecule has 76 valence electrons.